The summed E-state index contributed by atoms with van der Waals surface area (Å²) in [4.78, 5) is 12.1. The fourth-order valence-corrected chi connectivity index (χ4v) is 4.41. The molecule has 0 radical (unpaired) electrons. The number of halogens is 1. The van der Waals surface area contributed by atoms with Crippen LogP contribution < -0.4 is 9.46 Å². The van der Waals surface area contributed by atoms with E-state index in [0.717, 1.165) is 24.2 Å². The standard InChI is InChI=1S/C13H12ClN3O4S2/c1-21-9-6-8(15-16-12(9)7-2-3-7)13(18)17-23(19,20)11-5-4-10(14)22-11/h4-7H,2-3H2,1H3,(H,17,18). The zero-order valence-corrected chi connectivity index (χ0v) is 14.3. The lowest BCUT2D eigenvalue weighted by atomic mass is 10.2. The molecule has 0 atom stereocenters. The normalized spacial score (nSPS) is 14.5. The van der Waals surface area contributed by atoms with Gasteiger partial charge in [0.15, 0.2) is 5.69 Å². The van der Waals surface area contributed by atoms with Crippen molar-refractivity contribution in [3.05, 3.63) is 33.9 Å². The number of carbonyl (C=O) groups is 1. The summed E-state index contributed by atoms with van der Waals surface area (Å²) in [6.07, 6.45) is 2.01. The fourth-order valence-electron chi connectivity index (χ4n) is 1.96. The molecule has 2 aromatic rings. The van der Waals surface area contributed by atoms with Crippen molar-refractivity contribution < 1.29 is 17.9 Å². The summed E-state index contributed by atoms with van der Waals surface area (Å²) in [7, 11) is -2.53. The van der Waals surface area contributed by atoms with Crippen molar-refractivity contribution in [2.75, 3.05) is 7.11 Å². The van der Waals surface area contributed by atoms with Crippen LogP contribution in [0.25, 0.3) is 0 Å². The molecule has 10 heteroatoms. The Morgan fingerprint density at radius 2 is 2.13 bits per heavy atom. The molecule has 122 valence electrons. The van der Waals surface area contributed by atoms with Gasteiger partial charge in [-0.15, -0.1) is 16.4 Å². The smallest absolute Gasteiger partial charge is 0.285 e. The number of carbonyl (C=O) groups excluding carboxylic acids is 1. The highest BCUT2D eigenvalue weighted by molar-refractivity contribution is 7.92. The molecule has 0 aromatic carbocycles. The average Bonchev–Trinajstić information content (AvgIpc) is 3.26. The third-order valence-corrected chi connectivity index (χ3v) is 6.30. The lowest BCUT2D eigenvalue weighted by molar-refractivity contribution is 0.0975. The summed E-state index contributed by atoms with van der Waals surface area (Å²) >= 11 is 6.57. The first kappa shape index (κ1) is 16.2. The quantitative estimate of drug-likeness (QED) is 0.862. The number of nitrogens with zero attached hydrogens (tertiary/aromatic N) is 2. The van der Waals surface area contributed by atoms with Crippen LogP contribution >= 0.6 is 22.9 Å². The zero-order valence-electron chi connectivity index (χ0n) is 11.9. The molecule has 2 aromatic heterocycles. The van der Waals surface area contributed by atoms with Gasteiger partial charge in [-0.3, -0.25) is 4.79 Å². The second kappa shape index (κ2) is 6.06. The molecule has 1 aliphatic carbocycles. The molecule has 0 bridgehead atoms. The Kier molecular flexibility index (Phi) is 4.26. The molecule has 0 unspecified atom stereocenters. The fraction of sp³-hybridized carbons (Fsp3) is 0.308. The molecule has 1 fully saturated rings. The molecule has 0 aliphatic heterocycles. The number of hydrogen-bond donors (Lipinski definition) is 1. The van der Waals surface area contributed by atoms with Gasteiger partial charge in [-0.05, 0) is 25.0 Å². The minimum atomic E-state index is -3.99. The number of ether oxygens (including phenoxy) is 1. The maximum Gasteiger partial charge on any atom is 0.285 e. The van der Waals surface area contributed by atoms with E-state index in [2.05, 4.69) is 10.2 Å². The number of thiophene rings is 1. The monoisotopic (exact) mass is 373 g/mol. The van der Waals surface area contributed by atoms with E-state index >= 15 is 0 Å². The summed E-state index contributed by atoms with van der Waals surface area (Å²) < 4.78 is 31.6. The molecule has 23 heavy (non-hydrogen) atoms. The largest absolute Gasteiger partial charge is 0.495 e. The summed E-state index contributed by atoms with van der Waals surface area (Å²) in [5, 5.41) is 7.79. The SMILES string of the molecule is COc1cc(C(=O)NS(=O)(=O)c2ccc(Cl)s2)nnc1C1CC1. The average molecular weight is 374 g/mol. The van der Waals surface area contributed by atoms with Crippen molar-refractivity contribution in [1.82, 2.24) is 14.9 Å². The highest BCUT2D eigenvalue weighted by Gasteiger charge is 2.30. The van der Waals surface area contributed by atoms with Crippen LogP contribution in [-0.2, 0) is 10.0 Å². The summed E-state index contributed by atoms with van der Waals surface area (Å²) in [6.45, 7) is 0. The van der Waals surface area contributed by atoms with Gasteiger partial charge >= 0.3 is 0 Å². The van der Waals surface area contributed by atoms with Crippen molar-refractivity contribution in [2.45, 2.75) is 23.0 Å². The second-order valence-electron chi connectivity index (χ2n) is 4.95. The van der Waals surface area contributed by atoms with E-state index in [0.29, 0.717) is 21.7 Å². The predicted molar refractivity (Wildman–Crippen MR) is 84.5 cm³/mol. The molecule has 3 rings (SSSR count). The van der Waals surface area contributed by atoms with Gasteiger partial charge in [0.05, 0.1) is 11.4 Å². The van der Waals surface area contributed by atoms with Crippen LogP contribution in [-0.4, -0.2) is 31.6 Å². The third-order valence-electron chi connectivity index (χ3n) is 3.24. The molecular formula is C13H12ClN3O4S2. The van der Waals surface area contributed by atoms with Gasteiger partial charge in [0, 0.05) is 12.0 Å². The molecular weight excluding hydrogens is 362 g/mol. The molecule has 1 saturated carbocycles. The second-order valence-corrected chi connectivity index (χ2v) is 8.57. The van der Waals surface area contributed by atoms with E-state index in [1.807, 2.05) is 4.72 Å². The van der Waals surface area contributed by atoms with Gasteiger partial charge in [-0.2, -0.15) is 5.10 Å². The number of hydrogen-bond acceptors (Lipinski definition) is 7. The Morgan fingerprint density at radius 1 is 1.39 bits per heavy atom. The van der Waals surface area contributed by atoms with Gasteiger partial charge in [-0.1, -0.05) is 11.6 Å². The van der Waals surface area contributed by atoms with Crippen LogP contribution in [0, 0.1) is 0 Å². The zero-order chi connectivity index (χ0) is 16.6. The van der Waals surface area contributed by atoms with E-state index in [1.165, 1.54) is 25.3 Å². The first-order chi connectivity index (χ1) is 10.9. The maximum absolute atomic E-state index is 12.1. The number of aromatic nitrogens is 2. The topological polar surface area (TPSA) is 98.2 Å². The highest BCUT2D eigenvalue weighted by atomic mass is 35.5. The molecule has 0 saturated heterocycles. The van der Waals surface area contributed by atoms with Crippen molar-refractivity contribution in [2.24, 2.45) is 0 Å². The number of amides is 1. The van der Waals surface area contributed by atoms with Crippen LogP contribution in [0.3, 0.4) is 0 Å². The molecule has 1 N–H and O–H groups in total. The van der Waals surface area contributed by atoms with Gasteiger partial charge in [0.2, 0.25) is 0 Å². The number of nitrogens with one attached hydrogen (secondary N) is 1. The van der Waals surface area contributed by atoms with Gasteiger partial charge in [0.25, 0.3) is 15.9 Å². The predicted octanol–water partition coefficient (Wildman–Crippen LogP) is 2.20. The first-order valence-corrected chi connectivity index (χ1v) is 9.32. The number of methoxy groups -OCH3 is 1. The van der Waals surface area contributed by atoms with Crippen molar-refractivity contribution in [3.63, 3.8) is 0 Å². The Hall–Kier alpha value is -1.71. The minimum Gasteiger partial charge on any atom is -0.495 e. The number of rotatable bonds is 5. The molecule has 1 aliphatic rings. The summed E-state index contributed by atoms with van der Waals surface area (Å²) in [5.74, 6) is -0.140. The molecule has 2 heterocycles. The lowest BCUT2D eigenvalue weighted by Gasteiger charge is -2.08. The Balaban J connectivity index is 1.83. The summed E-state index contributed by atoms with van der Waals surface area (Å²) in [6, 6.07) is 4.16. The van der Waals surface area contributed by atoms with Crippen LogP contribution in [0.4, 0.5) is 0 Å². The molecule has 1 amide bonds. The first-order valence-electron chi connectivity index (χ1n) is 6.65. The van der Waals surface area contributed by atoms with Gasteiger partial charge < -0.3 is 4.74 Å². The van der Waals surface area contributed by atoms with Gasteiger partial charge in [0.1, 0.15) is 15.7 Å². The van der Waals surface area contributed by atoms with Crippen LogP contribution in [0.15, 0.2) is 22.4 Å². The minimum absolute atomic E-state index is 0.0506. The van der Waals surface area contributed by atoms with Crippen LogP contribution in [0.5, 0.6) is 5.75 Å². The van der Waals surface area contributed by atoms with E-state index < -0.39 is 15.9 Å². The van der Waals surface area contributed by atoms with Crippen LogP contribution in [0.2, 0.25) is 4.34 Å². The van der Waals surface area contributed by atoms with E-state index in [9.17, 15) is 13.2 Å². The Labute approximate surface area is 141 Å². The van der Waals surface area contributed by atoms with Crippen molar-refractivity contribution in [1.29, 1.82) is 0 Å². The van der Waals surface area contributed by atoms with Gasteiger partial charge in [-0.25, -0.2) is 13.1 Å². The van der Waals surface area contributed by atoms with Crippen LogP contribution in [0.1, 0.15) is 34.9 Å². The third kappa shape index (κ3) is 3.46. The maximum atomic E-state index is 12.1. The summed E-state index contributed by atoms with van der Waals surface area (Å²) in [5.41, 5.74) is 0.564. The van der Waals surface area contributed by atoms with Crippen molar-refractivity contribution in [3.8, 4) is 5.75 Å². The Morgan fingerprint density at radius 3 is 2.70 bits per heavy atom. The van der Waals surface area contributed by atoms with E-state index in [-0.39, 0.29) is 9.90 Å². The Bertz CT molecular complexity index is 862. The van der Waals surface area contributed by atoms with E-state index in [1.54, 1.807) is 0 Å². The number of sulfonamides is 1. The molecule has 7 nitrogen and oxygen atoms in total. The highest BCUT2D eigenvalue weighted by Crippen LogP contribution is 2.42. The van der Waals surface area contributed by atoms with Crippen molar-refractivity contribution >= 4 is 38.9 Å². The molecule has 0 spiro atoms. The lowest BCUT2D eigenvalue weighted by Crippen LogP contribution is -2.31. The van der Waals surface area contributed by atoms with E-state index in [4.69, 9.17) is 16.3 Å².